The van der Waals surface area contributed by atoms with Crippen LogP contribution in [-0.2, 0) is 21.2 Å². The second-order valence-electron chi connectivity index (χ2n) is 4.53. The summed E-state index contributed by atoms with van der Waals surface area (Å²) in [5.41, 5.74) is 6.52. The molecule has 0 aliphatic rings. The summed E-state index contributed by atoms with van der Waals surface area (Å²) in [4.78, 5) is 11.9. The normalized spacial score (nSPS) is 12.3. The zero-order chi connectivity index (χ0) is 14.5. The smallest absolute Gasteiger partial charge is 0.237 e. The lowest BCUT2D eigenvalue weighted by atomic mass is 10.1. The molecule has 0 aliphatic carbocycles. The van der Waals surface area contributed by atoms with Crippen LogP contribution < -0.4 is 11.1 Å². The van der Waals surface area contributed by atoms with Crippen molar-refractivity contribution in [2.24, 2.45) is 5.73 Å². The first-order valence-electron chi connectivity index (χ1n) is 6.17. The summed E-state index contributed by atoms with van der Waals surface area (Å²) in [6.07, 6.45) is 2.67. The number of benzene rings is 1. The Balaban J connectivity index is 0.00000361. The van der Waals surface area contributed by atoms with E-state index in [9.17, 15) is 13.2 Å². The summed E-state index contributed by atoms with van der Waals surface area (Å²) in [7, 11) is -3.18. The second-order valence-corrected chi connectivity index (χ2v) is 6.54. The lowest BCUT2D eigenvalue weighted by molar-refractivity contribution is -0.122. The molecule has 1 unspecified atom stereocenters. The van der Waals surface area contributed by atoms with Crippen molar-refractivity contribution < 1.29 is 13.2 Å². The highest BCUT2D eigenvalue weighted by molar-refractivity contribution is 7.90. The summed E-state index contributed by atoms with van der Waals surface area (Å²) >= 11 is 0. The lowest BCUT2D eigenvalue weighted by Gasteiger charge is -2.11. The first-order valence-corrected chi connectivity index (χ1v) is 8.06. The molecule has 0 saturated carbocycles. The molecule has 0 saturated heterocycles. The predicted molar refractivity (Wildman–Crippen MR) is 81.5 cm³/mol. The molecule has 1 aromatic rings. The maximum absolute atomic E-state index is 11.6. The molecule has 0 heterocycles. The molecule has 20 heavy (non-hydrogen) atoms. The molecule has 5 nitrogen and oxygen atoms in total. The van der Waals surface area contributed by atoms with Gasteiger partial charge in [0.2, 0.25) is 5.91 Å². The van der Waals surface area contributed by atoms with Crippen LogP contribution in [0.5, 0.6) is 0 Å². The van der Waals surface area contributed by atoms with Crippen LogP contribution >= 0.6 is 12.4 Å². The molecule has 0 spiro atoms. The van der Waals surface area contributed by atoms with Crippen LogP contribution in [0.2, 0.25) is 0 Å². The fraction of sp³-hybridized carbons (Fsp3) is 0.462. The quantitative estimate of drug-likeness (QED) is 0.825. The summed E-state index contributed by atoms with van der Waals surface area (Å²) in [6.45, 7) is 2.32. The fourth-order valence-electron chi connectivity index (χ4n) is 1.62. The number of hydrogen-bond donors (Lipinski definition) is 2. The van der Waals surface area contributed by atoms with Crippen molar-refractivity contribution in [3.8, 4) is 0 Å². The Morgan fingerprint density at radius 3 is 2.30 bits per heavy atom. The van der Waals surface area contributed by atoms with Crippen LogP contribution in [0.1, 0.15) is 25.3 Å². The molecule has 0 fully saturated rings. The first kappa shape index (κ1) is 18.9. The fourth-order valence-corrected chi connectivity index (χ4v) is 2.25. The Labute approximate surface area is 126 Å². The number of nitrogens with two attached hydrogens (primary N) is 1. The maximum Gasteiger partial charge on any atom is 0.237 e. The van der Waals surface area contributed by atoms with Gasteiger partial charge in [-0.1, -0.05) is 25.5 Å². The van der Waals surface area contributed by atoms with Gasteiger partial charge in [0.1, 0.15) is 0 Å². The monoisotopic (exact) mass is 320 g/mol. The van der Waals surface area contributed by atoms with E-state index in [1.807, 2.05) is 6.92 Å². The van der Waals surface area contributed by atoms with Gasteiger partial charge in [-0.3, -0.25) is 4.79 Å². The predicted octanol–water partition coefficient (Wildman–Crippen LogP) is 1.26. The number of rotatable bonds is 6. The maximum atomic E-state index is 11.6. The summed E-state index contributed by atoms with van der Waals surface area (Å²) < 4.78 is 22.6. The van der Waals surface area contributed by atoms with E-state index in [4.69, 9.17) is 5.73 Å². The first-order chi connectivity index (χ1) is 8.84. The van der Waals surface area contributed by atoms with Gasteiger partial charge < -0.3 is 11.1 Å². The summed E-state index contributed by atoms with van der Waals surface area (Å²) in [5.74, 6) is -0.186. The zero-order valence-corrected chi connectivity index (χ0v) is 13.3. The van der Waals surface area contributed by atoms with E-state index in [1.54, 1.807) is 12.1 Å². The highest BCUT2D eigenvalue weighted by Gasteiger charge is 2.11. The van der Waals surface area contributed by atoms with E-state index >= 15 is 0 Å². The van der Waals surface area contributed by atoms with Crippen molar-refractivity contribution in [3.05, 3.63) is 29.8 Å². The van der Waals surface area contributed by atoms with Crippen LogP contribution in [0.25, 0.3) is 0 Å². The van der Waals surface area contributed by atoms with Gasteiger partial charge >= 0.3 is 0 Å². The molecule has 0 aromatic heterocycles. The minimum absolute atomic E-state index is 0. The third-order valence-corrected chi connectivity index (χ3v) is 3.88. The van der Waals surface area contributed by atoms with Crippen LogP contribution in [0, 0.1) is 0 Å². The minimum Gasteiger partial charge on any atom is -0.351 e. The van der Waals surface area contributed by atoms with Crippen molar-refractivity contribution in [2.75, 3.05) is 6.26 Å². The molecule has 1 atom stereocenters. The van der Waals surface area contributed by atoms with Crippen molar-refractivity contribution >= 4 is 28.2 Å². The molecule has 3 N–H and O–H groups in total. The number of halogens is 1. The van der Waals surface area contributed by atoms with E-state index in [-0.39, 0.29) is 23.2 Å². The Morgan fingerprint density at radius 1 is 1.30 bits per heavy atom. The third kappa shape index (κ3) is 5.90. The number of hydrogen-bond acceptors (Lipinski definition) is 4. The van der Waals surface area contributed by atoms with Gasteiger partial charge in [0, 0.05) is 12.8 Å². The van der Waals surface area contributed by atoms with Crippen LogP contribution in [0.3, 0.4) is 0 Å². The summed E-state index contributed by atoms with van der Waals surface area (Å²) in [6, 6.07) is 5.94. The van der Waals surface area contributed by atoms with Crippen LogP contribution in [-0.4, -0.2) is 26.6 Å². The van der Waals surface area contributed by atoms with Gasteiger partial charge in [-0.05, 0) is 24.1 Å². The van der Waals surface area contributed by atoms with E-state index in [2.05, 4.69) is 5.32 Å². The number of sulfone groups is 1. The van der Waals surface area contributed by atoms with Crippen molar-refractivity contribution in [1.82, 2.24) is 5.32 Å². The number of carbonyl (C=O) groups excluding carboxylic acids is 1. The number of carbonyl (C=O) groups is 1. The Hall–Kier alpha value is -1.11. The van der Waals surface area contributed by atoms with Gasteiger partial charge in [-0.25, -0.2) is 8.42 Å². The van der Waals surface area contributed by atoms with Crippen LogP contribution in [0.4, 0.5) is 0 Å². The second kappa shape index (κ2) is 8.24. The molecule has 114 valence electrons. The lowest BCUT2D eigenvalue weighted by Crippen LogP contribution is -2.40. The molecule has 7 heteroatoms. The Morgan fingerprint density at radius 2 is 1.85 bits per heavy atom. The zero-order valence-electron chi connectivity index (χ0n) is 11.6. The highest BCUT2D eigenvalue weighted by Crippen LogP contribution is 2.10. The molecule has 0 radical (unpaired) electrons. The minimum atomic E-state index is -3.18. The summed E-state index contributed by atoms with van der Waals surface area (Å²) in [5, 5.41) is 2.73. The van der Waals surface area contributed by atoms with Gasteiger partial charge in [0.25, 0.3) is 0 Å². The van der Waals surface area contributed by atoms with Crippen molar-refractivity contribution in [3.63, 3.8) is 0 Å². The van der Waals surface area contributed by atoms with E-state index in [0.29, 0.717) is 13.0 Å². The van der Waals surface area contributed by atoms with Crippen LogP contribution in [0.15, 0.2) is 29.2 Å². The average Bonchev–Trinajstić information content (AvgIpc) is 2.35. The standard InChI is InChI=1S/C13H20N2O3S.ClH/c1-3-4-12(14)13(16)15-9-10-5-7-11(8-6-10)19(2,17)18;/h5-8,12H,3-4,9,14H2,1-2H3,(H,15,16);1H. The van der Waals surface area contributed by atoms with Crippen molar-refractivity contribution in [2.45, 2.75) is 37.2 Å². The Kier molecular flexibility index (Phi) is 7.78. The molecule has 0 aliphatic heterocycles. The topological polar surface area (TPSA) is 89.3 Å². The molecule has 1 amide bonds. The number of nitrogens with one attached hydrogen (secondary N) is 1. The van der Waals surface area contributed by atoms with E-state index < -0.39 is 15.9 Å². The van der Waals surface area contributed by atoms with E-state index in [0.717, 1.165) is 18.2 Å². The molecule has 0 bridgehead atoms. The molecular weight excluding hydrogens is 300 g/mol. The molecular formula is C13H21ClN2O3S. The van der Waals surface area contributed by atoms with Gasteiger partial charge in [0.15, 0.2) is 9.84 Å². The molecule has 1 aromatic carbocycles. The number of amides is 1. The largest absolute Gasteiger partial charge is 0.351 e. The average molecular weight is 321 g/mol. The molecule has 1 rings (SSSR count). The van der Waals surface area contributed by atoms with Gasteiger partial charge in [-0.15, -0.1) is 12.4 Å². The SMILES string of the molecule is CCCC(N)C(=O)NCc1ccc(S(C)(=O)=O)cc1.Cl. The van der Waals surface area contributed by atoms with Crippen molar-refractivity contribution in [1.29, 1.82) is 0 Å². The van der Waals surface area contributed by atoms with Gasteiger partial charge in [0.05, 0.1) is 10.9 Å². The third-order valence-electron chi connectivity index (χ3n) is 2.75. The van der Waals surface area contributed by atoms with Gasteiger partial charge in [-0.2, -0.15) is 0 Å². The Bertz CT molecular complexity index is 529. The van der Waals surface area contributed by atoms with E-state index in [1.165, 1.54) is 12.1 Å². The highest BCUT2D eigenvalue weighted by atomic mass is 35.5.